The molecule has 2 aromatic heterocycles. The van der Waals surface area contributed by atoms with Gasteiger partial charge in [0.15, 0.2) is 24.8 Å². The van der Waals surface area contributed by atoms with E-state index in [-0.39, 0.29) is 0 Å². The summed E-state index contributed by atoms with van der Waals surface area (Å²) in [4.78, 5) is 0. The summed E-state index contributed by atoms with van der Waals surface area (Å²) in [6.07, 6.45) is 8.53. The first-order valence-corrected chi connectivity index (χ1v) is 21.7. The number of hydrogen-bond acceptors (Lipinski definition) is 0. The molecule has 0 spiro atoms. The van der Waals surface area contributed by atoms with Gasteiger partial charge in [-0.2, -0.15) is 0 Å². The molecular weight excluding hydrogens is 761 g/mol. The van der Waals surface area contributed by atoms with E-state index >= 15 is 0 Å². The second kappa shape index (κ2) is 17.2. The van der Waals surface area contributed by atoms with E-state index in [1.54, 1.807) is 0 Å². The van der Waals surface area contributed by atoms with Crippen molar-refractivity contribution in [2.24, 2.45) is 14.1 Å². The molecule has 0 bridgehead atoms. The molecule has 2 heteroatoms. The molecule has 10 rings (SSSR count). The maximum Gasteiger partial charge on any atom is 0.176 e. The van der Waals surface area contributed by atoms with Crippen molar-refractivity contribution in [1.29, 1.82) is 0 Å². The number of aromatic nitrogens is 2. The van der Waals surface area contributed by atoms with Crippen molar-refractivity contribution >= 4 is 0 Å². The molecule has 10 aromatic rings. The molecule has 63 heavy (non-hydrogen) atoms. The molecule has 0 saturated heterocycles. The van der Waals surface area contributed by atoms with E-state index in [1.807, 2.05) is 0 Å². The molecule has 0 radical (unpaired) electrons. The molecule has 0 N–H and O–H groups in total. The lowest BCUT2D eigenvalue weighted by molar-refractivity contribution is -0.671. The van der Waals surface area contributed by atoms with Gasteiger partial charge in [-0.1, -0.05) is 194 Å². The predicted octanol–water partition coefficient (Wildman–Crippen LogP) is 14.6. The van der Waals surface area contributed by atoms with Crippen LogP contribution in [-0.2, 0) is 14.1 Å². The standard InChI is InChI=1S/C61H48N2/c1-43-23-25-50(26-24-43)58-60(51-33-27-45(28-34-51)44-15-7-4-8-16-44)56(48-17-9-5-10-18-48)59(52-35-29-46(30-36-52)54-21-13-39-62(2)41-54)57(49-19-11-6-12-20-49)61(58)53-37-31-47(32-38-53)55-22-14-40-63(3)42-55/h4-42H,1-3H3/q+2. The number of aryl methyl sites for hydroxylation is 3. The van der Waals surface area contributed by atoms with Gasteiger partial charge in [-0.25, -0.2) is 9.13 Å². The van der Waals surface area contributed by atoms with Crippen molar-refractivity contribution < 1.29 is 9.13 Å². The molecule has 0 aliphatic heterocycles. The van der Waals surface area contributed by atoms with Crippen LogP contribution in [0.4, 0.5) is 0 Å². The van der Waals surface area contributed by atoms with Crippen LogP contribution in [0.25, 0.3) is 100 Å². The summed E-state index contributed by atoms with van der Waals surface area (Å²) in [7, 11) is 4.15. The van der Waals surface area contributed by atoms with E-state index in [9.17, 15) is 0 Å². The average molecular weight is 809 g/mol. The highest BCUT2D eigenvalue weighted by molar-refractivity contribution is 6.15. The highest BCUT2D eigenvalue weighted by Crippen LogP contribution is 2.56. The van der Waals surface area contributed by atoms with Crippen molar-refractivity contribution in [3.8, 4) is 100 Å². The van der Waals surface area contributed by atoms with Crippen LogP contribution in [0.15, 0.2) is 237 Å². The Morgan fingerprint density at radius 2 is 0.444 bits per heavy atom. The molecule has 0 aliphatic carbocycles. The highest BCUT2D eigenvalue weighted by atomic mass is 14.9. The quantitative estimate of drug-likeness (QED) is 0.128. The average Bonchev–Trinajstić information content (AvgIpc) is 3.34. The normalized spacial score (nSPS) is 11.1. The van der Waals surface area contributed by atoms with Crippen LogP contribution in [-0.4, -0.2) is 0 Å². The van der Waals surface area contributed by atoms with Gasteiger partial charge in [0.2, 0.25) is 0 Å². The fraction of sp³-hybridized carbons (Fsp3) is 0.0492. The van der Waals surface area contributed by atoms with Gasteiger partial charge in [-0.05, 0) is 108 Å². The summed E-state index contributed by atoms with van der Waals surface area (Å²) in [5.41, 5.74) is 22.5. The first-order chi connectivity index (χ1) is 31.0. The Balaban J connectivity index is 1.36. The third-order valence-corrected chi connectivity index (χ3v) is 12.1. The zero-order valence-corrected chi connectivity index (χ0v) is 35.9. The fourth-order valence-electron chi connectivity index (χ4n) is 9.05. The molecule has 2 nitrogen and oxygen atoms in total. The van der Waals surface area contributed by atoms with E-state index in [4.69, 9.17) is 0 Å². The van der Waals surface area contributed by atoms with Gasteiger partial charge < -0.3 is 0 Å². The predicted molar refractivity (Wildman–Crippen MR) is 262 cm³/mol. The number of rotatable bonds is 9. The summed E-state index contributed by atoms with van der Waals surface area (Å²) in [5.74, 6) is 0. The maximum absolute atomic E-state index is 2.33. The van der Waals surface area contributed by atoms with Crippen molar-refractivity contribution in [3.63, 3.8) is 0 Å². The molecule has 0 aliphatic rings. The van der Waals surface area contributed by atoms with Gasteiger partial charge in [0.05, 0.1) is 0 Å². The minimum atomic E-state index is 1.16. The highest BCUT2D eigenvalue weighted by Gasteiger charge is 2.29. The number of benzene rings is 8. The molecule has 0 atom stereocenters. The molecule has 0 amide bonds. The Kier molecular flexibility index (Phi) is 10.7. The lowest BCUT2D eigenvalue weighted by Crippen LogP contribution is -2.26. The van der Waals surface area contributed by atoms with Crippen LogP contribution < -0.4 is 9.13 Å². The van der Waals surface area contributed by atoms with Crippen LogP contribution in [0.5, 0.6) is 0 Å². The van der Waals surface area contributed by atoms with Gasteiger partial charge in [0, 0.05) is 23.3 Å². The summed E-state index contributed by atoms with van der Waals surface area (Å²) in [6.45, 7) is 2.17. The molecule has 2 heterocycles. The maximum atomic E-state index is 2.33. The third-order valence-electron chi connectivity index (χ3n) is 12.1. The first kappa shape index (κ1) is 39.2. The Hall–Kier alpha value is -7.94. The van der Waals surface area contributed by atoms with E-state index in [0.717, 1.165) is 27.8 Å². The van der Waals surface area contributed by atoms with Gasteiger partial charge in [0.1, 0.15) is 14.1 Å². The molecule has 300 valence electrons. The summed E-state index contributed by atoms with van der Waals surface area (Å²) in [6, 6.07) is 78.1. The zero-order chi connectivity index (χ0) is 42.7. The lowest BCUT2D eigenvalue weighted by Gasteiger charge is -2.29. The topological polar surface area (TPSA) is 7.76 Å². The van der Waals surface area contributed by atoms with Crippen LogP contribution in [0, 0.1) is 6.92 Å². The Labute approximate surface area is 371 Å². The summed E-state index contributed by atoms with van der Waals surface area (Å²) in [5, 5.41) is 0. The van der Waals surface area contributed by atoms with Gasteiger partial charge in [-0.15, -0.1) is 0 Å². The SMILES string of the molecule is Cc1ccc(-c2c(-c3ccc(-c4ccccc4)cc3)c(-c3ccccc3)c(-c3ccc(-c4ccc[n+](C)c4)cc3)c(-c3ccccc3)c2-c2ccc(-c3ccc[n+](C)c3)cc2)cc1. The smallest absolute Gasteiger partial charge is 0.176 e. The van der Waals surface area contributed by atoms with Gasteiger partial charge >= 0.3 is 0 Å². The van der Waals surface area contributed by atoms with Crippen molar-refractivity contribution in [3.05, 3.63) is 243 Å². The summed E-state index contributed by atoms with van der Waals surface area (Å²) < 4.78 is 4.22. The molecule has 0 saturated carbocycles. The van der Waals surface area contributed by atoms with E-state index < -0.39 is 0 Å². The second-order valence-corrected chi connectivity index (χ2v) is 16.5. The second-order valence-electron chi connectivity index (χ2n) is 16.5. The molecule has 0 unspecified atom stereocenters. The first-order valence-electron chi connectivity index (χ1n) is 21.7. The number of pyridine rings is 2. The van der Waals surface area contributed by atoms with E-state index in [0.29, 0.717) is 0 Å². The van der Waals surface area contributed by atoms with E-state index in [1.165, 1.54) is 77.9 Å². The number of nitrogens with zero attached hydrogens (tertiary/aromatic N) is 2. The Morgan fingerprint density at radius 3 is 0.762 bits per heavy atom. The molecule has 0 fully saturated rings. The number of hydrogen-bond donors (Lipinski definition) is 0. The third kappa shape index (κ3) is 7.91. The minimum absolute atomic E-state index is 1.16. The fourth-order valence-corrected chi connectivity index (χ4v) is 9.05. The van der Waals surface area contributed by atoms with Crippen LogP contribution in [0.3, 0.4) is 0 Å². The molecule has 8 aromatic carbocycles. The monoisotopic (exact) mass is 808 g/mol. The van der Waals surface area contributed by atoms with Gasteiger partial charge in [0.25, 0.3) is 0 Å². The van der Waals surface area contributed by atoms with Crippen LogP contribution in [0.1, 0.15) is 5.56 Å². The Morgan fingerprint density at radius 1 is 0.222 bits per heavy atom. The van der Waals surface area contributed by atoms with Crippen molar-refractivity contribution in [1.82, 2.24) is 0 Å². The van der Waals surface area contributed by atoms with Crippen molar-refractivity contribution in [2.75, 3.05) is 0 Å². The minimum Gasteiger partial charge on any atom is -0.207 e. The Bertz CT molecular complexity index is 3170. The van der Waals surface area contributed by atoms with Crippen LogP contribution in [0.2, 0.25) is 0 Å². The summed E-state index contributed by atoms with van der Waals surface area (Å²) >= 11 is 0. The van der Waals surface area contributed by atoms with Crippen LogP contribution >= 0.6 is 0 Å². The lowest BCUT2D eigenvalue weighted by atomic mass is 9.74. The van der Waals surface area contributed by atoms with Gasteiger partial charge in [-0.3, -0.25) is 0 Å². The molecular formula is C61H48N2+2. The zero-order valence-electron chi connectivity index (χ0n) is 35.9. The van der Waals surface area contributed by atoms with E-state index in [2.05, 4.69) is 267 Å². The largest absolute Gasteiger partial charge is 0.207 e. The van der Waals surface area contributed by atoms with Crippen molar-refractivity contribution in [2.45, 2.75) is 6.92 Å².